The minimum absolute atomic E-state index is 0.318. The number of aliphatic hydroxyl groups excluding tert-OH is 1. The van der Waals surface area contributed by atoms with Crippen molar-refractivity contribution in [3.8, 4) is 11.5 Å². The van der Waals surface area contributed by atoms with Gasteiger partial charge in [-0.1, -0.05) is 6.07 Å². The van der Waals surface area contributed by atoms with Crippen molar-refractivity contribution >= 4 is 0 Å². The van der Waals surface area contributed by atoms with Crippen molar-refractivity contribution in [1.29, 1.82) is 0 Å². The van der Waals surface area contributed by atoms with E-state index in [1.165, 1.54) is 6.33 Å². The van der Waals surface area contributed by atoms with Crippen molar-refractivity contribution in [3.05, 3.63) is 35.9 Å². The summed E-state index contributed by atoms with van der Waals surface area (Å²) < 4.78 is 12.8. The van der Waals surface area contributed by atoms with Crippen LogP contribution >= 0.6 is 0 Å². The molecule has 0 spiro atoms. The molecule has 1 N–H and O–H groups in total. The highest BCUT2D eigenvalue weighted by molar-refractivity contribution is 5.43. The molecule has 0 aliphatic carbocycles. The molecule has 0 amide bonds. The number of hydrogen-bond donors (Lipinski definition) is 1. The predicted octanol–water partition coefficient (Wildman–Crippen LogP) is 1.94. The first kappa shape index (κ1) is 14.3. The van der Waals surface area contributed by atoms with E-state index >= 15 is 0 Å². The van der Waals surface area contributed by atoms with E-state index in [1.807, 2.05) is 13.0 Å². The molecular weight excluding hydrogens is 258 g/mol. The predicted molar refractivity (Wildman–Crippen MR) is 73.7 cm³/mol. The highest BCUT2D eigenvalue weighted by Crippen LogP contribution is 2.30. The molecule has 0 aliphatic rings. The van der Waals surface area contributed by atoms with Crippen LogP contribution in [0.25, 0.3) is 0 Å². The lowest BCUT2D eigenvalue weighted by molar-refractivity contribution is 0.198. The molecule has 0 saturated carbocycles. The second kappa shape index (κ2) is 6.38. The summed E-state index contributed by atoms with van der Waals surface area (Å²) in [6.07, 6.45) is 0.969. The SMILES string of the molecule is CCn1ncnc1COc1ccc(C(C)O)cc1OC. The highest BCUT2D eigenvalue weighted by Gasteiger charge is 2.10. The Hall–Kier alpha value is -2.08. The van der Waals surface area contributed by atoms with Crippen molar-refractivity contribution in [2.75, 3.05) is 7.11 Å². The van der Waals surface area contributed by atoms with Crippen LogP contribution in [0.2, 0.25) is 0 Å². The molecule has 6 nitrogen and oxygen atoms in total. The van der Waals surface area contributed by atoms with Gasteiger partial charge in [0.05, 0.1) is 13.2 Å². The summed E-state index contributed by atoms with van der Waals surface area (Å²) in [7, 11) is 1.57. The Bertz CT molecular complexity index is 567. The Kier molecular flexibility index (Phi) is 4.57. The maximum absolute atomic E-state index is 9.57. The van der Waals surface area contributed by atoms with Gasteiger partial charge in [-0.3, -0.25) is 0 Å². The van der Waals surface area contributed by atoms with Crippen molar-refractivity contribution in [2.45, 2.75) is 33.1 Å². The standard InChI is InChI=1S/C14H19N3O3/c1-4-17-14(15-9-16-17)8-20-12-6-5-11(10(2)18)7-13(12)19-3/h5-7,9-10,18H,4,8H2,1-3H3. The number of benzene rings is 1. The summed E-state index contributed by atoms with van der Waals surface area (Å²) in [6.45, 7) is 4.77. The van der Waals surface area contributed by atoms with Crippen molar-refractivity contribution in [1.82, 2.24) is 14.8 Å². The molecule has 2 aromatic rings. The lowest BCUT2D eigenvalue weighted by atomic mass is 10.1. The summed E-state index contributed by atoms with van der Waals surface area (Å²) in [5.41, 5.74) is 0.783. The van der Waals surface area contributed by atoms with Gasteiger partial charge in [0.1, 0.15) is 12.9 Å². The Balaban J connectivity index is 2.13. The first-order valence-electron chi connectivity index (χ1n) is 6.51. The summed E-state index contributed by atoms with van der Waals surface area (Å²) in [5, 5.41) is 13.7. The van der Waals surface area contributed by atoms with Crippen LogP contribution in [0.4, 0.5) is 0 Å². The number of methoxy groups -OCH3 is 1. The molecule has 20 heavy (non-hydrogen) atoms. The molecule has 0 radical (unpaired) electrons. The monoisotopic (exact) mass is 277 g/mol. The minimum atomic E-state index is -0.541. The topological polar surface area (TPSA) is 69.4 Å². The molecular formula is C14H19N3O3. The smallest absolute Gasteiger partial charge is 0.164 e. The molecule has 0 aliphatic heterocycles. The van der Waals surface area contributed by atoms with Gasteiger partial charge in [-0.25, -0.2) is 9.67 Å². The van der Waals surface area contributed by atoms with Crippen LogP contribution in [-0.2, 0) is 13.2 Å². The van der Waals surface area contributed by atoms with Crippen LogP contribution in [0.15, 0.2) is 24.5 Å². The molecule has 1 heterocycles. The van der Waals surface area contributed by atoms with Gasteiger partial charge in [0.25, 0.3) is 0 Å². The molecule has 0 saturated heterocycles. The molecule has 0 bridgehead atoms. The number of aryl methyl sites for hydroxylation is 1. The molecule has 1 unspecified atom stereocenters. The van der Waals surface area contributed by atoms with Crippen LogP contribution in [0.1, 0.15) is 31.3 Å². The van der Waals surface area contributed by atoms with E-state index in [-0.39, 0.29) is 0 Å². The average molecular weight is 277 g/mol. The van der Waals surface area contributed by atoms with Crippen LogP contribution in [0, 0.1) is 0 Å². The maximum Gasteiger partial charge on any atom is 0.164 e. The van der Waals surface area contributed by atoms with Gasteiger partial charge < -0.3 is 14.6 Å². The van der Waals surface area contributed by atoms with Crippen molar-refractivity contribution in [2.24, 2.45) is 0 Å². The van der Waals surface area contributed by atoms with E-state index in [4.69, 9.17) is 9.47 Å². The van der Waals surface area contributed by atoms with Crippen LogP contribution in [0.5, 0.6) is 11.5 Å². The number of aliphatic hydroxyl groups is 1. The van der Waals surface area contributed by atoms with Gasteiger partial charge in [0.15, 0.2) is 17.3 Å². The minimum Gasteiger partial charge on any atom is -0.493 e. The van der Waals surface area contributed by atoms with E-state index in [2.05, 4.69) is 10.1 Å². The number of aromatic nitrogens is 3. The highest BCUT2D eigenvalue weighted by atomic mass is 16.5. The first-order valence-corrected chi connectivity index (χ1v) is 6.51. The van der Waals surface area contributed by atoms with Gasteiger partial charge in [0, 0.05) is 6.54 Å². The van der Waals surface area contributed by atoms with Gasteiger partial charge in [0.2, 0.25) is 0 Å². The third-order valence-corrected chi connectivity index (χ3v) is 3.02. The first-order chi connectivity index (χ1) is 9.65. The number of hydrogen-bond acceptors (Lipinski definition) is 5. The average Bonchev–Trinajstić information content (AvgIpc) is 2.92. The number of rotatable bonds is 6. The quantitative estimate of drug-likeness (QED) is 0.873. The summed E-state index contributed by atoms with van der Waals surface area (Å²) in [5.74, 6) is 1.96. The Morgan fingerprint density at radius 3 is 2.80 bits per heavy atom. The van der Waals surface area contributed by atoms with E-state index in [0.29, 0.717) is 18.1 Å². The summed E-state index contributed by atoms with van der Waals surface area (Å²) in [6, 6.07) is 5.37. The zero-order valence-corrected chi connectivity index (χ0v) is 11.9. The summed E-state index contributed by atoms with van der Waals surface area (Å²) >= 11 is 0. The molecule has 6 heteroatoms. The van der Waals surface area contributed by atoms with E-state index in [0.717, 1.165) is 17.9 Å². The number of ether oxygens (including phenoxy) is 2. The molecule has 1 atom stereocenters. The molecule has 1 aromatic carbocycles. The Morgan fingerprint density at radius 2 is 2.15 bits per heavy atom. The fourth-order valence-electron chi connectivity index (χ4n) is 1.87. The zero-order valence-electron chi connectivity index (χ0n) is 11.9. The third-order valence-electron chi connectivity index (χ3n) is 3.02. The van der Waals surface area contributed by atoms with Crippen LogP contribution in [-0.4, -0.2) is 27.0 Å². The van der Waals surface area contributed by atoms with Crippen LogP contribution in [0.3, 0.4) is 0 Å². The van der Waals surface area contributed by atoms with Gasteiger partial charge >= 0.3 is 0 Å². The third kappa shape index (κ3) is 3.08. The van der Waals surface area contributed by atoms with E-state index in [1.54, 1.807) is 30.8 Å². The van der Waals surface area contributed by atoms with Crippen molar-refractivity contribution < 1.29 is 14.6 Å². The number of nitrogens with zero attached hydrogens (tertiary/aromatic N) is 3. The van der Waals surface area contributed by atoms with Gasteiger partial charge in [-0.15, -0.1) is 0 Å². The Labute approximate surface area is 118 Å². The van der Waals surface area contributed by atoms with E-state index in [9.17, 15) is 5.11 Å². The van der Waals surface area contributed by atoms with E-state index < -0.39 is 6.10 Å². The summed E-state index contributed by atoms with van der Waals surface area (Å²) in [4.78, 5) is 4.15. The second-order valence-corrected chi connectivity index (χ2v) is 4.37. The lowest BCUT2D eigenvalue weighted by Crippen LogP contribution is -2.07. The van der Waals surface area contributed by atoms with Gasteiger partial charge in [-0.2, -0.15) is 5.10 Å². The largest absolute Gasteiger partial charge is 0.493 e. The fourth-order valence-corrected chi connectivity index (χ4v) is 1.87. The fraction of sp³-hybridized carbons (Fsp3) is 0.429. The van der Waals surface area contributed by atoms with Crippen molar-refractivity contribution in [3.63, 3.8) is 0 Å². The molecule has 2 rings (SSSR count). The maximum atomic E-state index is 9.57. The lowest BCUT2D eigenvalue weighted by Gasteiger charge is -2.13. The van der Waals surface area contributed by atoms with Gasteiger partial charge in [-0.05, 0) is 31.5 Å². The normalized spacial score (nSPS) is 12.2. The second-order valence-electron chi connectivity index (χ2n) is 4.37. The molecule has 1 aromatic heterocycles. The van der Waals surface area contributed by atoms with Crippen LogP contribution < -0.4 is 9.47 Å². The zero-order chi connectivity index (χ0) is 14.5. The molecule has 108 valence electrons. The molecule has 0 fully saturated rings. The Morgan fingerprint density at radius 1 is 1.35 bits per heavy atom.